The van der Waals surface area contributed by atoms with Crippen molar-refractivity contribution in [3.63, 3.8) is 0 Å². The van der Waals surface area contributed by atoms with Crippen LogP contribution in [0.1, 0.15) is 31.9 Å². The number of oxime groups is 1. The van der Waals surface area contributed by atoms with E-state index in [1.54, 1.807) is 13.0 Å². The van der Waals surface area contributed by atoms with Crippen LogP contribution in [0.3, 0.4) is 0 Å². The molecule has 1 aromatic rings. The Labute approximate surface area is 126 Å². The molecular formula is C14H23N3O3S. The molecule has 0 fully saturated rings. The average Bonchev–Trinajstić information content (AvgIpc) is 2.36. The van der Waals surface area contributed by atoms with Crippen molar-refractivity contribution in [1.29, 1.82) is 0 Å². The van der Waals surface area contributed by atoms with Crippen molar-refractivity contribution in [2.45, 2.75) is 44.6 Å². The van der Waals surface area contributed by atoms with E-state index in [1.165, 1.54) is 6.07 Å². The summed E-state index contributed by atoms with van der Waals surface area (Å²) in [6.45, 7) is 7.93. The van der Waals surface area contributed by atoms with Crippen molar-refractivity contribution in [2.75, 3.05) is 6.54 Å². The van der Waals surface area contributed by atoms with E-state index in [1.807, 2.05) is 26.8 Å². The lowest BCUT2D eigenvalue weighted by atomic mass is 9.99. The van der Waals surface area contributed by atoms with E-state index in [9.17, 15) is 8.42 Å². The van der Waals surface area contributed by atoms with Gasteiger partial charge in [-0.2, -0.15) is 0 Å². The molecule has 0 spiro atoms. The van der Waals surface area contributed by atoms with E-state index in [4.69, 9.17) is 10.3 Å². The highest BCUT2D eigenvalue weighted by Crippen LogP contribution is 2.17. The number of nitrogens with two attached hydrogens (primary N) is 1. The quantitative estimate of drug-likeness (QED) is 0.419. The van der Waals surface area contributed by atoms with Gasteiger partial charge in [-0.25, -0.2) is 13.6 Å². The number of sulfonamides is 1. The molecule has 1 rings (SSSR count). The predicted octanol–water partition coefficient (Wildman–Crippen LogP) is 1.40. The van der Waals surface area contributed by atoms with Gasteiger partial charge in [0.15, 0.2) is 0 Å². The second kappa shape index (κ2) is 6.55. The highest BCUT2D eigenvalue weighted by Gasteiger charge is 2.21. The van der Waals surface area contributed by atoms with Gasteiger partial charge in [-0.1, -0.05) is 22.9 Å². The van der Waals surface area contributed by atoms with Gasteiger partial charge in [-0.05, 0) is 45.7 Å². The van der Waals surface area contributed by atoms with E-state index in [-0.39, 0.29) is 4.90 Å². The second-order valence-corrected chi connectivity index (χ2v) is 7.17. The van der Waals surface area contributed by atoms with Crippen LogP contribution in [0.15, 0.2) is 28.3 Å². The number of nitrogens with one attached hydrogen (secondary N) is 1. The molecule has 118 valence electrons. The molecule has 0 aliphatic rings. The Morgan fingerprint density at radius 1 is 1.43 bits per heavy atom. The molecule has 6 nitrogen and oxygen atoms in total. The molecule has 0 saturated heterocycles. The van der Waals surface area contributed by atoms with E-state index < -0.39 is 15.6 Å². The van der Waals surface area contributed by atoms with Crippen LogP contribution in [0.2, 0.25) is 0 Å². The van der Waals surface area contributed by atoms with E-state index in [0.717, 1.165) is 5.56 Å². The zero-order valence-corrected chi connectivity index (χ0v) is 13.7. The van der Waals surface area contributed by atoms with Gasteiger partial charge in [-0.3, -0.25) is 0 Å². The van der Waals surface area contributed by atoms with Crippen molar-refractivity contribution >= 4 is 15.7 Å². The maximum atomic E-state index is 11.6. The molecule has 0 radical (unpaired) electrons. The molecule has 0 unspecified atom stereocenters. The molecule has 0 aromatic heterocycles. The zero-order valence-electron chi connectivity index (χ0n) is 12.8. The van der Waals surface area contributed by atoms with Gasteiger partial charge in [0.1, 0.15) is 0 Å². The number of rotatable bonds is 6. The second-order valence-electron chi connectivity index (χ2n) is 5.64. The normalized spacial score (nSPS) is 13.5. The van der Waals surface area contributed by atoms with Crippen molar-refractivity contribution in [3.8, 4) is 0 Å². The summed E-state index contributed by atoms with van der Waals surface area (Å²) < 4.78 is 23.2. The monoisotopic (exact) mass is 313 g/mol. The van der Waals surface area contributed by atoms with Crippen molar-refractivity contribution in [3.05, 3.63) is 29.3 Å². The standard InChI is InChI=1S/C14H23N3O3S/c1-10-5-6-13(21(15,19)20)12(9-10)7-8-16-14(3,4)11(2)17-18/h5-6,9,16,18H,7-8H2,1-4H3,(H2,15,19,20). The molecule has 1 aromatic carbocycles. The van der Waals surface area contributed by atoms with Crippen LogP contribution in [-0.2, 0) is 16.4 Å². The minimum absolute atomic E-state index is 0.153. The molecule has 0 bridgehead atoms. The average molecular weight is 313 g/mol. The van der Waals surface area contributed by atoms with Gasteiger partial charge < -0.3 is 10.5 Å². The molecule has 7 heteroatoms. The largest absolute Gasteiger partial charge is 0.411 e. The summed E-state index contributed by atoms with van der Waals surface area (Å²) in [6, 6.07) is 5.08. The van der Waals surface area contributed by atoms with Crippen LogP contribution in [-0.4, -0.2) is 31.4 Å². The summed E-state index contributed by atoms with van der Waals surface area (Å²) in [5, 5.41) is 20.5. The van der Waals surface area contributed by atoms with Crippen molar-refractivity contribution < 1.29 is 13.6 Å². The summed E-state index contributed by atoms with van der Waals surface area (Å²) in [6.07, 6.45) is 0.510. The van der Waals surface area contributed by atoms with E-state index in [2.05, 4.69) is 10.5 Å². The molecule has 0 atom stereocenters. The van der Waals surface area contributed by atoms with Crippen LogP contribution in [0.5, 0.6) is 0 Å². The Hall–Kier alpha value is -1.44. The summed E-state index contributed by atoms with van der Waals surface area (Å²) in [5.41, 5.74) is 1.74. The first-order chi connectivity index (χ1) is 9.58. The van der Waals surface area contributed by atoms with Gasteiger partial charge in [0.2, 0.25) is 10.0 Å². The SMILES string of the molecule is CC(=NO)C(C)(C)NCCc1cc(C)ccc1S(N)(=O)=O. The van der Waals surface area contributed by atoms with Crippen molar-refractivity contribution in [2.24, 2.45) is 10.3 Å². The smallest absolute Gasteiger partial charge is 0.238 e. The number of hydrogen-bond acceptors (Lipinski definition) is 5. The Bertz CT molecular complexity index is 637. The van der Waals surface area contributed by atoms with Gasteiger partial charge >= 0.3 is 0 Å². The number of hydrogen-bond donors (Lipinski definition) is 3. The number of nitrogens with zero attached hydrogens (tertiary/aromatic N) is 1. The van der Waals surface area contributed by atoms with E-state index in [0.29, 0.717) is 24.2 Å². The first-order valence-corrected chi connectivity index (χ1v) is 8.19. The predicted molar refractivity (Wildman–Crippen MR) is 83.2 cm³/mol. The van der Waals surface area contributed by atoms with Crippen LogP contribution in [0, 0.1) is 6.92 Å². The fourth-order valence-electron chi connectivity index (χ4n) is 1.94. The van der Waals surface area contributed by atoms with Gasteiger partial charge in [-0.15, -0.1) is 0 Å². The first kappa shape index (κ1) is 17.6. The van der Waals surface area contributed by atoms with Gasteiger partial charge in [0.05, 0.1) is 16.1 Å². The van der Waals surface area contributed by atoms with Crippen LogP contribution in [0.4, 0.5) is 0 Å². The third kappa shape index (κ3) is 4.80. The highest BCUT2D eigenvalue weighted by atomic mass is 32.2. The van der Waals surface area contributed by atoms with Gasteiger partial charge in [0, 0.05) is 6.54 Å². The Kier molecular flexibility index (Phi) is 5.49. The molecule has 0 heterocycles. The fourth-order valence-corrected chi connectivity index (χ4v) is 2.73. The minimum atomic E-state index is -3.73. The van der Waals surface area contributed by atoms with Crippen LogP contribution >= 0.6 is 0 Å². The third-order valence-electron chi connectivity index (χ3n) is 3.54. The number of benzene rings is 1. The topological polar surface area (TPSA) is 105 Å². The summed E-state index contributed by atoms with van der Waals surface area (Å²) in [4.78, 5) is 0.153. The maximum Gasteiger partial charge on any atom is 0.238 e. The maximum absolute atomic E-state index is 11.6. The molecular weight excluding hydrogens is 290 g/mol. The highest BCUT2D eigenvalue weighted by molar-refractivity contribution is 7.89. The minimum Gasteiger partial charge on any atom is -0.411 e. The molecule has 0 aliphatic heterocycles. The number of primary sulfonamides is 1. The summed E-state index contributed by atoms with van der Waals surface area (Å²) in [5.74, 6) is 0. The molecule has 0 saturated carbocycles. The Balaban J connectivity index is 2.88. The first-order valence-electron chi connectivity index (χ1n) is 6.64. The lowest BCUT2D eigenvalue weighted by Gasteiger charge is -2.25. The molecule has 21 heavy (non-hydrogen) atoms. The van der Waals surface area contributed by atoms with Crippen LogP contribution < -0.4 is 10.5 Å². The van der Waals surface area contributed by atoms with Crippen LogP contribution in [0.25, 0.3) is 0 Å². The Morgan fingerprint density at radius 2 is 2.05 bits per heavy atom. The van der Waals surface area contributed by atoms with Gasteiger partial charge in [0.25, 0.3) is 0 Å². The van der Waals surface area contributed by atoms with Crippen molar-refractivity contribution in [1.82, 2.24) is 5.32 Å². The lowest BCUT2D eigenvalue weighted by Crippen LogP contribution is -2.46. The molecule has 4 N–H and O–H groups in total. The third-order valence-corrected chi connectivity index (χ3v) is 4.55. The number of aryl methyl sites for hydroxylation is 1. The summed E-state index contributed by atoms with van der Waals surface area (Å²) >= 11 is 0. The zero-order chi connectivity index (χ0) is 16.3. The fraction of sp³-hybridized carbons (Fsp3) is 0.500. The summed E-state index contributed by atoms with van der Waals surface area (Å²) in [7, 11) is -3.73. The molecule has 0 amide bonds. The van der Waals surface area contributed by atoms with E-state index >= 15 is 0 Å². The molecule has 0 aliphatic carbocycles. The Morgan fingerprint density at radius 3 is 2.57 bits per heavy atom. The lowest BCUT2D eigenvalue weighted by molar-refractivity contribution is 0.310.